The Labute approximate surface area is 115 Å². The predicted molar refractivity (Wildman–Crippen MR) is 74.5 cm³/mol. The van der Waals surface area contributed by atoms with Crippen molar-refractivity contribution in [2.45, 2.75) is 51.6 Å². The highest BCUT2D eigenvalue weighted by Gasteiger charge is 2.36. The van der Waals surface area contributed by atoms with Crippen LogP contribution in [-0.2, 0) is 14.6 Å². The van der Waals surface area contributed by atoms with Gasteiger partial charge in [-0.05, 0) is 31.1 Å². The quantitative estimate of drug-likeness (QED) is 0.787. The van der Waals surface area contributed by atoms with Crippen LogP contribution in [0.3, 0.4) is 0 Å². The minimum Gasteiger partial charge on any atom is -0.388 e. The molecule has 0 aromatic heterocycles. The maximum absolute atomic E-state index is 11.5. The Kier molecular flexibility index (Phi) is 5.01. The molecule has 0 bridgehead atoms. The maximum Gasteiger partial charge on any atom is 0.221 e. The van der Waals surface area contributed by atoms with Gasteiger partial charge in [0.15, 0.2) is 0 Å². The lowest BCUT2D eigenvalue weighted by atomic mass is 9.71. The fraction of sp³-hybridized carbons (Fsp3) is 0.923. The number of carbonyl (C=O) groups is 1. The van der Waals surface area contributed by atoms with Crippen LogP contribution in [0.2, 0.25) is 0 Å². The van der Waals surface area contributed by atoms with Crippen molar-refractivity contribution in [2.75, 3.05) is 18.6 Å². The van der Waals surface area contributed by atoms with E-state index in [-0.39, 0.29) is 30.0 Å². The zero-order valence-electron chi connectivity index (χ0n) is 12.0. The largest absolute Gasteiger partial charge is 0.388 e. The highest BCUT2D eigenvalue weighted by molar-refractivity contribution is 7.90. The molecule has 0 spiro atoms. The molecule has 0 aromatic rings. The van der Waals surface area contributed by atoms with Crippen molar-refractivity contribution in [1.29, 1.82) is 0 Å². The van der Waals surface area contributed by atoms with Gasteiger partial charge in [-0.1, -0.05) is 13.8 Å². The van der Waals surface area contributed by atoms with Crippen LogP contribution in [0, 0.1) is 5.41 Å². The number of hydrogen-bond donors (Lipinski definition) is 2. The van der Waals surface area contributed by atoms with Crippen LogP contribution in [0.15, 0.2) is 0 Å². The van der Waals surface area contributed by atoms with E-state index in [1.165, 1.54) is 0 Å². The second-order valence-electron chi connectivity index (χ2n) is 6.55. The van der Waals surface area contributed by atoms with Gasteiger partial charge in [-0.3, -0.25) is 4.79 Å². The van der Waals surface area contributed by atoms with Crippen LogP contribution in [0.4, 0.5) is 0 Å². The molecule has 1 fully saturated rings. The molecule has 1 saturated carbocycles. The van der Waals surface area contributed by atoms with Crippen LogP contribution < -0.4 is 5.32 Å². The number of sulfone groups is 1. The molecule has 5 nitrogen and oxygen atoms in total. The van der Waals surface area contributed by atoms with Gasteiger partial charge in [0.2, 0.25) is 5.91 Å². The van der Waals surface area contributed by atoms with E-state index in [4.69, 9.17) is 0 Å². The van der Waals surface area contributed by atoms with E-state index in [2.05, 4.69) is 19.2 Å². The Hall–Kier alpha value is -0.620. The van der Waals surface area contributed by atoms with E-state index >= 15 is 0 Å². The third-order valence-electron chi connectivity index (χ3n) is 3.85. The fourth-order valence-electron chi connectivity index (χ4n) is 2.20. The van der Waals surface area contributed by atoms with Crippen molar-refractivity contribution in [1.82, 2.24) is 5.32 Å². The molecule has 0 saturated heterocycles. The van der Waals surface area contributed by atoms with Crippen LogP contribution in [0.25, 0.3) is 0 Å². The van der Waals surface area contributed by atoms with E-state index in [1.54, 1.807) is 0 Å². The Bertz CT molecular complexity index is 418. The first-order valence-corrected chi connectivity index (χ1v) is 8.74. The van der Waals surface area contributed by atoms with Gasteiger partial charge in [-0.15, -0.1) is 0 Å². The lowest BCUT2D eigenvalue weighted by Gasteiger charge is -2.40. The summed E-state index contributed by atoms with van der Waals surface area (Å²) in [5, 5.41) is 13.0. The van der Waals surface area contributed by atoms with Crippen molar-refractivity contribution in [3.8, 4) is 0 Å². The lowest BCUT2D eigenvalue weighted by molar-refractivity contribution is -0.122. The normalized spacial score (nSPS) is 21.9. The second-order valence-corrected chi connectivity index (χ2v) is 8.80. The van der Waals surface area contributed by atoms with E-state index < -0.39 is 15.4 Å². The highest BCUT2D eigenvalue weighted by Crippen LogP contribution is 2.39. The average molecular weight is 291 g/mol. The van der Waals surface area contributed by atoms with Crippen molar-refractivity contribution in [2.24, 2.45) is 5.41 Å². The van der Waals surface area contributed by atoms with Crippen molar-refractivity contribution in [3.05, 3.63) is 0 Å². The standard InChI is InChI=1S/C13H25NO4S/c1-12(2)5-7-13(16,8-6-12)10-14-11(15)4-9-19(3,17)18/h16H,4-10H2,1-3H3,(H,14,15). The Morgan fingerprint density at radius 1 is 1.21 bits per heavy atom. The van der Waals surface area contributed by atoms with Gasteiger partial charge in [0.05, 0.1) is 11.4 Å². The topological polar surface area (TPSA) is 83.5 Å². The summed E-state index contributed by atoms with van der Waals surface area (Å²) in [7, 11) is -3.12. The number of nitrogens with one attached hydrogen (secondary N) is 1. The second kappa shape index (κ2) is 5.79. The summed E-state index contributed by atoms with van der Waals surface area (Å²) in [5.74, 6) is -0.465. The molecule has 0 aliphatic heterocycles. The van der Waals surface area contributed by atoms with Gasteiger partial charge in [0.25, 0.3) is 0 Å². The van der Waals surface area contributed by atoms with Crippen molar-refractivity contribution < 1.29 is 18.3 Å². The molecular formula is C13H25NO4S. The lowest BCUT2D eigenvalue weighted by Crippen LogP contribution is -2.46. The molecule has 112 valence electrons. The number of carbonyl (C=O) groups excluding carboxylic acids is 1. The number of aliphatic hydroxyl groups is 1. The molecule has 1 rings (SSSR count). The minimum absolute atomic E-state index is 0.0413. The van der Waals surface area contributed by atoms with E-state index in [0.717, 1.165) is 19.1 Å². The molecule has 1 amide bonds. The van der Waals surface area contributed by atoms with Gasteiger partial charge in [0, 0.05) is 19.2 Å². The molecule has 0 radical (unpaired) electrons. The SMILES string of the molecule is CC1(C)CCC(O)(CNC(=O)CCS(C)(=O)=O)CC1. The number of hydrogen-bond acceptors (Lipinski definition) is 4. The van der Waals surface area contributed by atoms with Crippen LogP contribution in [-0.4, -0.2) is 43.6 Å². The molecule has 0 aromatic carbocycles. The Balaban J connectivity index is 2.34. The summed E-state index contributed by atoms with van der Waals surface area (Å²) in [4.78, 5) is 11.5. The Morgan fingerprint density at radius 2 is 1.74 bits per heavy atom. The third-order valence-corrected chi connectivity index (χ3v) is 4.79. The first-order chi connectivity index (χ1) is 8.52. The summed E-state index contributed by atoms with van der Waals surface area (Å²) in [6.45, 7) is 4.57. The smallest absolute Gasteiger partial charge is 0.221 e. The molecule has 0 atom stereocenters. The van der Waals surface area contributed by atoms with Gasteiger partial charge >= 0.3 is 0 Å². The highest BCUT2D eigenvalue weighted by atomic mass is 32.2. The molecule has 19 heavy (non-hydrogen) atoms. The average Bonchev–Trinajstić information content (AvgIpc) is 2.28. The number of rotatable bonds is 5. The Morgan fingerprint density at radius 3 is 2.21 bits per heavy atom. The first kappa shape index (κ1) is 16.4. The summed E-state index contributed by atoms with van der Waals surface area (Å²) < 4.78 is 21.9. The maximum atomic E-state index is 11.5. The van der Waals surface area contributed by atoms with Crippen molar-refractivity contribution in [3.63, 3.8) is 0 Å². The molecule has 1 aliphatic carbocycles. The van der Waals surface area contributed by atoms with Crippen molar-refractivity contribution >= 4 is 15.7 Å². The van der Waals surface area contributed by atoms with E-state index in [1.807, 2.05) is 0 Å². The summed E-state index contributed by atoms with van der Waals surface area (Å²) >= 11 is 0. The van der Waals surface area contributed by atoms with Gasteiger partial charge in [-0.25, -0.2) is 8.42 Å². The minimum atomic E-state index is -3.12. The zero-order chi connectivity index (χ0) is 14.7. The summed E-state index contributed by atoms with van der Waals surface area (Å²) in [6, 6.07) is 0. The molecule has 0 heterocycles. The fourth-order valence-corrected chi connectivity index (χ4v) is 2.75. The predicted octanol–water partition coefficient (Wildman–Crippen LogP) is 0.869. The first-order valence-electron chi connectivity index (χ1n) is 6.68. The van der Waals surface area contributed by atoms with Gasteiger partial charge in [0.1, 0.15) is 9.84 Å². The summed E-state index contributed by atoms with van der Waals surface area (Å²) in [5.41, 5.74) is -0.581. The summed E-state index contributed by atoms with van der Waals surface area (Å²) in [6.07, 6.45) is 4.28. The van der Waals surface area contributed by atoms with Gasteiger partial charge < -0.3 is 10.4 Å². The third kappa shape index (κ3) is 6.38. The molecular weight excluding hydrogens is 266 g/mol. The molecule has 0 unspecified atom stereocenters. The zero-order valence-corrected chi connectivity index (χ0v) is 12.8. The van der Waals surface area contributed by atoms with Gasteiger partial charge in [-0.2, -0.15) is 0 Å². The van der Waals surface area contributed by atoms with E-state index in [0.29, 0.717) is 12.8 Å². The van der Waals surface area contributed by atoms with E-state index in [9.17, 15) is 18.3 Å². The monoisotopic (exact) mass is 291 g/mol. The van der Waals surface area contributed by atoms with Crippen LogP contribution in [0.5, 0.6) is 0 Å². The number of amides is 1. The van der Waals surface area contributed by atoms with Crippen LogP contribution >= 0.6 is 0 Å². The molecule has 6 heteroatoms. The van der Waals surface area contributed by atoms with Crippen LogP contribution in [0.1, 0.15) is 46.0 Å². The molecule has 2 N–H and O–H groups in total. The molecule has 1 aliphatic rings.